The number of hydrogen-bond donors (Lipinski definition) is 2. The molecule has 1 saturated heterocycles. The van der Waals surface area contributed by atoms with Crippen molar-refractivity contribution in [1.82, 2.24) is 0 Å². The van der Waals surface area contributed by atoms with Crippen LogP contribution < -0.4 is 0 Å². The third-order valence-electron chi connectivity index (χ3n) is 1.47. The van der Waals surface area contributed by atoms with Gasteiger partial charge < -0.3 is 0 Å². The molecule has 72 valence electrons. The lowest BCUT2D eigenvalue weighted by atomic mass is 10.4. The molecule has 0 aromatic rings. The van der Waals surface area contributed by atoms with Crippen LogP contribution in [-0.2, 0) is 0 Å². The molecule has 0 nitrogen and oxygen atoms in total. The van der Waals surface area contributed by atoms with Crippen LogP contribution in [0.3, 0.4) is 0 Å². The third-order valence-corrected chi connectivity index (χ3v) is 9.07. The highest BCUT2D eigenvalue weighted by Gasteiger charge is 2.33. The summed E-state index contributed by atoms with van der Waals surface area (Å²) in [7, 11) is 3.99. The van der Waals surface area contributed by atoms with Crippen LogP contribution >= 0.6 is 70.4 Å². The van der Waals surface area contributed by atoms with Crippen LogP contribution in [0.25, 0.3) is 0 Å². The Kier molecular flexibility index (Phi) is 6.65. The molecule has 6 heteroatoms. The van der Waals surface area contributed by atoms with Crippen LogP contribution in [0.2, 0.25) is 0 Å². The monoisotopic (exact) mass is 276 g/mol. The molecule has 0 atom stereocenters. The molecule has 1 aliphatic rings. The second kappa shape index (κ2) is 6.56. The Morgan fingerprint density at radius 2 is 1.92 bits per heavy atom. The summed E-state index contributed by atoms with van der Waals surface area (Å²) in [6.45, 7) is 0. The summed E-state index contributed by atoms with van der Waals surface area (Å²) in [5.41, 5.74) is 0. The molecule has 1 aliphatic heterocycles. The molecular weight excluding hydrogens is 264 g/mol. The second-order valence-corrected chi connectivity index (χ2v) is 9.77. The fourth-order valence-corrected chi connectivity index (χ4v) is 9.60. The number of hydrogen-bond acceptors (Lipinski definition) is 6. The van der Waals surface area contributed by atoms with Gasteiger partial charge in [0.2, 0.25) is 0 Å². The lowest BCUT2D eigenvalue weighted by molar-refractivity contribution is 0.851. The summed E-state index contributed by atoms with van der Waals surface area (Å²) < 4.78 is 0.340. The quantitative estimate of drug-likeness (QED) is 0.451. The molecule has 1 rings (SSSR count). The first kappa shape index (κ1) is 12.2. The molecule has 0 saturated carbocycles. The standard InChI is InChI=1S/C6H12S6/c7-4-9-6(10-5-8)2-1-3-11-12-6/h7-8H,1-5H2. The molecule has 12 heavy (non-hydrogen) atoms. The lowest BCUT2D eigenvalue weighted by Gasteiger charge is -2.33. The van der Waals surface area contributed by atoms with Crippen LogP contribution in [-0.4, -0.2) is 19.3 Å². The van der Waals surface area contributed by atoms with Crippen molar-refractivity contribution < 1.29 is 0 Å². The van der Waals surface area contributed by atoms with E-state index in [2.05, 4.69) is 25.3 Å². The molecule has 0 aromatic carbocycles. The van der Waals surface area contributed by atoms with E-state index in [1.807, 2.05) is 45.1 Å². The predicted molar refractivity (Wildman–Crippen MR) is 74.9 cm³/mol. The smallest absolute Gasteiger partial charge is 0.118 e. The molecule has 0 spiro atoms. The van der Waals surface area contributed by atoms with Gasteiger partial charge in [0, 0.05) is 15.9 Å². The first-order chi connectivity index (χ1) is 5.83. The summed E-state index contributed by atoms with van der Waals surface area (Å²) >= 11 is 12.4. The fraction of sp³-hybridized carbons (Fsp3) is 1.00. The van der Waals surface area contributed by atoms with Gasteiger partial charge in [-0.3, -0.25) is 0 Å². The van der Waals surface area contributed by atoms with E-state index in [4.69, 9.17) is 0 Å². The highest BCUT2D eigenvalue weighted by molar-refractivity contribution is 8.81. The van der Waals surface area contributed by atoms with E-state index < -0.39 is 0 Å². The summed E-state index contributed by atoms with van der Waals surface area (Å²) in [5.74, 6) is 1.30. The molecule has 0 aliphatic carbocycles. The molecule has 0 aromatic heterocycles. The molecule has 0 N–H and O–H groups in total. The highest BCUT2D eigenvalue weighted by atomic mass is 33.1. The topological polar surface area (TPSA) is 0 Å². The Labute approximate surface area is 102 Å². The van der Waals surface area contributed by atoms with Crippen LogP contribution in [0.15, 0.2) is 0 Å². The first-order valence-corrected chi connectivity index (χ1v) is 9.19. The maximum atomic E-state index is 4.28. The molecule has 0 radical (unpaired) electrons. The average molecular weight is 277 g/mol. The zero-order valence-corrected chi connectivity index (χ0v) is 11.6. The SMILES string of the molecule is SCSC1(SCS)CCCSS1. The number of thioether (sulfide) groups is 2. The normalized spacial score (nSPS) is 22.5. The number of rotatable bonds is 4. The van der Waals surface area contributed by atoms with Crippen LogP contribution in [0.5, 0.6) is 0 Å². The van der Waals surface area contributed by atoms with Gasteiger partial charge >= 0.3 is 0 Å². The molecule has 1 fully saturated rings. The Balaban J connectivity index is 2.44. The summed E-state index contributed by atoms with van der Waals surface area (Å²) in [5, 5.41) is 1.82. The van der Waals surface area contributed by atoms with Crippen molar-refractivity contribution in [3.63, 3.8) is 0 Å². The van der Waals surface area contributed by atoms with E-state index in [0.29, 0.717) is 3.41 Å². The van der Waals surface area contributed by atoms with Crippen LogP contribution in [0.4, 0.5) is 0 Å². The van der Waals surface area contributed by atoms with Crippen LogP contribution in [0.1, 0.15) is 12.8 Å². The fourth-order valence-electron chi connectivity index (χ4n) is 0.952. The second-order valence-electron chi connectivity index (χ2n) is 2.24. The van der Waals surface area contributed by atoms with Gasteiger partial charge in [-0.2, -0.15) is 25.3 Å². The van der Waals surface area contributed by atoms with Gasteiger partial charge in [0.1, 0.15) is 3.41 Å². The average Bonchev–Trinajstić information content (AvgIpc) is 2.07. The van der Waals surface area contributed by atoms with Crippen molar-refractivity contribution >= 4 is 70.4 Å². The van der Waals surface area contributed by atoms with Gasteiger partial charge in [-0.1, -0.05) is 21.6 Å². The van der Waals surface area contributed by atoms with Crippen molar-refractivity contribution in [2.75, 3.05) is 15.9 Å². The van der Waals surface area contributed by atoms with E-state index in [1.165, 1.54) is 18.6 Å². The van der Waals surface area contributed by atoms with E-state index >= 15 is 0 Å². The summed E-state index contributed by atoms with van der Waals surface area (Å²) in [6.07, 6.45) is 2.63. The molecule has 0 amide bonds. The predicted octanol–water partition coefficient (Wildman–Crippen LogP) is 4.06. The lowest BCUT2D eigenvalue weighted by Crippen LogP contribution is -2.18. The Morgan fingerprint density at radius 3 is 2.33 bits per heavy atom. The zero-order valence-electron chi connectivity index (χ0n) is 6.56. The van der Waals surface area contributed by atoms with E-state index in [-0.39, 0.29) is 0 Å². The van der Waals surface area contributed by atoms with E-state index in [1.54, 1.807) is 0 Å². The van der Waals surface area contributed by atoms with Gasteiger partial charge in [0.25, 0.3) is 0 Å². The van der Waals surface area contributed by atoms with Crippen molar-refractivity contribution in [2.24, 2.45) is 0 Å². The minimum absolute atomic E-state index is 0.340. The largest absolute Gasteiger partial charge is 0.168 e. The Hall–Kier alpha value is 2.10. The molecular formula is C6H12S6. The zero-order chi connectivity index (χ0) is 8.86. The van der Waals surface area contributed by atoms with Crippen molar-refractivity contribution in [3.05, 3.63) is 0 Å². The summed E-state index contributed by atoms with van der Waals surface area (Å²) in [6, 6.07) is 0. The van der Waals surface area contributed by atoms with Gasteiger partial charge in [-0.15, -0.1) is 23.5 Å². The third kappa shape index (κ3) is 3.69. The van der Waals surface area contributed by atoms with Crippen molar-refractivity contribution in [1.29, 1.82) is 0 Å². The Morgan fingerprint density at radius 1 is 1.25 bits per heavy atom. The highest BCUT2D eigenvalue weighted by Crippen LogP contribution is 2.58. The minimum atomic E-state index is 0.340. The van der Waals surface area contributed by atoms with Crippen molar-refractivity contribution in [3.8, 4) is 0 Å². The van der Waals surface area contributed by atoms with E-state index in [9.17, 15) is 0 Å². The van der Waals surface area contributed by atoms with Gasteiger partial charge in [0.15, 0.2) is 0 Å². The van der Waals surface area contributed by atoms with Crippen LogP contribution in [0, 0.1) is 0 Å². The van der Waals surface area contributed by atoms with Gasteiger partial charge in [-0.05, 0) is 12.8 Å². The molecule has 1 heterocycles. The van der Waals surface area contributed by atoms with Gasteiger partial charge in [0.05, 0.1) is 0 Å². The van der Waals surface area contributed by atoms with E-state index in [0.717, 1.165) is 10.2 Å². The summed E-state index contributed by atoms with van der Waals surface area (Å²) in [4.78, 5) is 0. The Bertz CT molecular complexity index is 106. The minimum Gasteiger partial charge on any atom is -0.168 e. The molecule has 0 unspecified atom stereocenters. The van der Waals surface area contributed by atoms with Gasteiger partial charge in [-0.25, -0.2) is 0 Å². The number of thiol groups is 2. The maximum Gasteiger partial charge on any atom is 0.118 e. The maximum absolute atomic E-state index is 4.28. The molecule has 0 bridgehead atoms. The van der Waals surface area contributed by atoms with Crippen molar-refractivity contribution in [2.45, 2.75) is 16.3 Å². The first-order valence-electron chi connectivity index (χ1n) is 3.63.